The number of aromatic nitrogens is 4. The van der Waals surface area contributed by atoms with Gasteiger partial charge < -0.3 is 72.2 Å². The topological polar surface area (TPSA) is 431 Å². The second-order valence-electron chi connectivity index (χ2n) is 11.3. The van der Waals surface area contributed by atoms with Crippen molar-refractivity contribution in [3.8, 4) is 0 Å². The molecule has 3 rings (SSSR count). The molecule has 0 radical (unpaired) electrons. The average molecular weight is 772 g/mol. The molecule has 1 fully saturated rings. The van der Waals surface area contributed by atoms with Gasteiger partial charge >= 0.3 is 35.9 Å². The number of nitrogen functional groups attached to an aromatic ring is 1. The van der Waals surface area contributed by atoms with Gasteiger partial charge in [0.1, 0.15) is 60.9 Å². The Labute approximate surface area is 299 Å². The number of nitrogens with zero attached hydrogens (tertiary/aromatic N) is 4. The summed E-state index contributed by atoms with van der Waals surface area (Å²) in [6, 6.07) is -8.49. The average Bonchev–Trinajstić information content (AvgIpc) is 3.62. The number of rotatable bonds is 19. The molecule has 1 saturated heterocycles. The van der Waals surface area contributed by atoms with E-state index < -0.39 is 135 Å². The highest BCUT2D eigenvalue weighted by Gasteiger charge is 2.45. The number of amides is 4. The third-order valence-corrected chi connectivity index (χ3v) is 7.38. The zero-order valence-electron chi connectivity index (χ0n) is 27.3. The molecule has 54 heavy (non-hydrogen) atoms. The lowest BCUT2D eigenvalue weighted by atomic mass is 10.1. The summed E-state index contributed by atoms with van der Waals surface area (Å²) in [6.45, 7) is -0.794. The highest BCUT2D eigenvalue weighted by atomic mass is 16.6. The minimum Gasteiger partial charge on any atom is -0.481 e. The molecule has 3 heterocycles. The van der Waals surface area contributed by atoms with E-state index in [-0.39, 0.29) is 17.0 Å². The number of carbonyl (C=O) groups excluding carboxylic acids is 4. The smallest absolute Gasteiger partial charge is 0.407 e. The zero-order valence-corrected chi connectivity index (χ0v) is 27.3. The number of aliphatic hydroxyl groups is 2. The number of carboxylic acid groups (broad SMARTS) is 5. The minimum atomic E-state index is -2.18. The molecular weight excluding hydrogens is 738 g/mol. The summed E-state index contributed by atoms with van der Waals surface area (Å²) in [4.78, 5) is 120. The number of hydrogen-bond donors (Lipinski definition) is 12. The number of imidazole rings is 1. The van der Waals surface area contributed by atoms with E-state index in [1.807, 2.05) is 10.6 Å². The van der Waals surface area contributed by atoms with E-state index in [0.29, 0.717) is 0 Å². The molecule has 13 N–H and O–H groups in total. The van der Waals surface area contributed by atoms with Crippen molar-refractivity contribution in [3.05, 3.63) is 12.7 Å². The minimum absolute atomic E-state index is 0.00798. The van der Waals surface area contributed by atoms with Crippen LogP contribution in [0.15, 0.2) is 12.7 Å². The molecule has 0 spiro atoms. The molecule has 0 saturated carbocycles. The Morgan fingerprint density at radius 3 is 1.65 bits per heavy atom. The molecule has 294 valence electrons. The maximum Gasteiger partial charge on any atom is 0.407 e. The van der Waals surface area contributed by atoms with Gasteiger partial charge in [-0.15, -0.1) is 0 Å². The largest absolute Gasteiger partial charge is 0.481 e. The molecule has 2 aromatic rings. The molecule has 8 atom stereocenters. The van der Waals surface area contributed by atoms with Crippen LogP contribution in [0.25, 0.3) is 11.2 Å². The Hall–Kier alpha value is -6.74. The van der Waals surface area contributed by atoms with Crippen molar-refractivity contribution in [1.82, 2.24) is 40.8 Å². The van der Waals surface area contributed by atoms with Crippen LogP contribution in [0, 0.1) is 0 Å². The Morgan fingerprint density at radius 2 is 1.17 bits per heavy atom. The van der Waals surface area contributed by atoms with E-state index in [1.54, 1.807) is 10.6 Å². The summed E-state index contributed by atoms with van der Waals surface area (Å²) in [7, 11) is 0. The Morgan fingerprint density at radius 1 is 0.704 bits per heavy atom. The first-order chi connectivity index (χ1) is 25.3. The van der Waals surface area contributed by atoms with Gasteiger partial charge in [0.15, 0.2) is 17.7 Å². The van der Waals surface area contributed by atoms with E-state index in [9.17, 15) is 68.7 Å². The van der Waals surface area contributed by atoms with Gasteiger partial charge in [-0.25, -0.2) is 24.5 Å². The number of nitrogens with one attached hydrogen (secondary N) is 4. The van der Waals surface area contributed by atoms with Crippen LogP contribution in [0.1, 0.15) is 31.9 Å². The number of carbonyl (C=O) groups is 9. The van der Waals surface area contributed by atoms with E-state index in [4.69, 9.17) is 25.4 Å². The standard InChI is InChI=1S/C27H33N9O18/c28-20-17-21(30-6-29-20)36(7-31-17)25-19(46)18(45)12(54-25)5-53-27(52)35-10(3-15(41)42)24(49)33-8(1-13(37)38)22(47)32-9(2-14(39)40)23(48)34-11(26(50)51)4-16(43)44/h6-12,18-19,25,45-46H,1-5H2,(H,32,47)(H,33,49)(H,34,48)(H,35,52)(H,37,38)(H,39,40)(H,41,42)(H,43,44)(H,50,51)(H2,28,29,30)/t8-,9-,10-,11-,12+,18+,19+,25+/m0/s1. The van der Waals surface area contributed by atoms with Crippen LogP contribution in [0.4, 0.5) is 10.6 Å². The van der Waals surface area contributed by atoms with Crippen molar-refractivity contribution in [3.63, 3.8) is 0 Å². The number of carboxylic acids is 5. The quantitative estimate of drug-likeness (QED) is 0.0634. The Balaban J connectivity index is 1.69. The third-order valence-electron chi connectivity index (χ3n) is 7.38. The van der Waals surface area contributed by atoms with Crippen molar-refractivity contribution in [1.29, 1.82) is 0 Å². The summed E-state index contributed by atoms with van der Waals surface area (Å²) in [5.41, 5.74) is 6.03. The summed E-state index contributed by atoms with van der Waals surface area (Å²) in [5.74, 6) is -13.2. The maximum atomic E-state index is 13.1. The molecule has 1 aliphatic heterocycles. The first-order valence-corrected chi connectivity index (χ1v) is 15.2. The number of alkyl carbamates (subject to hydrolysis) is 1. The van der Waals surface area contributed by atoms with Crippen LogP contribution in [-0.4, -0.2) is 158 Å². The molecule has 0 aromatic carbocycles. The molecule has 27 heteroatoms. The normalized spacial score (nSPS) is 20.0. The SMILES string of the molecule is Nc1ncnc2c1ncn2[C@@H]1O[C@H](COC(=O)N[C@@H](CC(=O)O)C(=O)N[C@@H](CC(=O)O)C(=O)N[C@@H](CC(=O)O)C(=O)N[C@@H](CC(=O)O)C(=O)O)[C@@H](O)[C@H]1O. The van der Waals surface area contributed by atoms with Crippen molar-refractivity contribution in [2.45, 2.75) is 74.4 Å². The van der Waals surface area contributed by atoms with E-state index in [2.05, 4.69) is 15.0 Å². The van der Waals surface area contributed by atoms with Crippen LogP contribution in [0.2, 0.25) is 0 Å². The molecule has 4 amide bonds. The lowest BCUT2D eigenvalue weighted by Crippen LogP contribution is -2.58. The number of ether oxygens (including phenoxy) is 2. The predicted molar refractivity (Wildman–Crippen MR) is 166 cm³/mol. The van der Waals surface area contributed by atoms with Crippen molar-refractivity contribution >= 4 is 70.6 Å². The first kappa shape index (κ1) is 41.7. The molecule has 0 bridgehead atoms. The summed E-state index contributed by atoms with van der Waals surface area (Å²) in [5, 5.41) is 74.2. The second-order valence-corrected chi connectivity index (χ2v) is 11.3. The fourth-order valence-electron chi connectivity index (χ4n) is 4.84. The molecular formula is C27H33N9O18. The highest BCUT2D eigenvalue weighted by Crippen LogP contribution is 2.32. The van der Waals surface area contributed by atoms with Crippen LogP contribution < -0.4 is 27.0 Å². The van der Waals surface area contributed by atoms with Gasteiger partial charge in [-0.1, -0.05) is 0 Å². The van der Waals surface area contributed by atoms with Crippen LogP contribution >= 0.6 is 0 Å². The Kier molecular flexibility index (Phi) is 14.0. The lowest BCUT2D eigenvalue weighted by molar-refractivity contribution is -0.148. The van der Waals surface area contributed by atoms with Gasteiger partial charge in [0.05, 0.1) is 32.0 Å². The van der Waals surface area contributed by atoms with Crippen LogP contribution in [-0.2, 0) is 47.8 Å². The molecule has 1 aliphatic rings. The molecule has 0 unspecified atom stereocenters. The van der Waals surface area contributed by atoms with Crippen molar-refractivity contribution < 1.29 is 88.4 Å². The molecule has 0 aliphatic carbocycles. The lowest BCUT2D eigenvalue weighted by Gasteiger charge is -2.24. The highest BCUT2D eigenvalue weighted by molar-refractivity contribution is 5.98. The maximum absolute atomic E-state index is 13.1. The number of fused-ring (bicyclic) bond motifs is 1. The first-order valence-electron chi connectivity index (χ1n) is 15.2. The number of aliphatic carboxylic acids is 5. The van der Waals surface area contributed by atoms with Gasteiger partial charge in [0, 0.05) is 0 Å². The summed E-state index contributed by atoms with van der Waals surface area (Å²) in [6.07, 6.45) is -10.1. The zero-order chi connectivity index (χ0) is 40.4. The van der Waals surface area contributed by atoms with E-state index in [0.717, 1.165) is 6.33 Å². The fourth-order valence-corrected chi connectivity index (χ4v) is 4.84. The fraction of sp³-hybridized carbons (Fsp3) is 0.481. The van der Waals surface area contributed by atoms with Gasteiger partial charge in [-0.2, -0.15) is 0 Å². The van der Waals surface area contributed by atoms with Gasteiger partial charge in [0.2, 0.25) is 17.7 Å². The Bertz CT molecular complexity index is 1800. The van der Waals surface area contributed by atoms with Gasteiger partial charge in [-0.3, -0.25) is 38.1 Å². The van der Waals surface area contributed by atoms with Crippen molar-refractivity contribution in [2.24, 2.45) is 0 Å². The molecule has 2 aromatic heterocycles. The number of anilines is 1. The summed E-state index contributed by atoms with van der Waals surface area (Å²) < 4.78 is 11.8. The number of nitrogens with two attached hydrogens (primary N) is 1. The van der Waals surface area contributed by atoms with E-state index in [1.165, 1.54) is 10.9 Å². The predicted octanol–water partition coefficient (Wildman–Crippen LogP) is -5.44. The van der Waals surface area contributed by atoms with Crippen LogP contribution in [0.3, 0.4) is 0 Å². The van der Waals surface area contributed by atoms with Gasteiger partial charge in [-0.05, 0) is 0 Å². The van der Waals surface area contributed by atoms with Crippen molar-refractivity contribution in [2.75, 3.05) is 12.3 Å². The number of aliphatic hydroxyl groups excluding tert-OH is 2. The molecule has 27 nitrogen and oxygen atoms in total. The monoisotopic (exact) mass is 771 g/mol. The van der Waals surface area contributed by atoms with Gasteiger partial charge in [0.25, 0.3) is 0 Å². The third kappa shape index (κ3) is 11.1. The number of hydrogen-bond acceptors (Lipinski definition) is 17. The van der Waals surface area contributed by atoms with Crippen LogP contribution in [0.5, 0.6) is 0 Å². The second kappa shape index (κ2) is 18.1. The van der Waals surface area contributed by atoms with E-state index >= 15 is 0 Å². The summed E-state index contributed by atoms with van der Waals surface area (Å²) >= 11 is 0.